The molecule has 8 heteroatoms. The van der Waals surface area contributed by atoms with Gasteiger partial charge >= 0.3 is 0 Å². The lowest BCUT2D eigenvalue weighted by Crippen LogP contribution is -2.25. The van der Waals surface area contributed by atoms with Crippen molar-refractivity contribution in [3.63, 3.8) is 0 Å². The molecule has 1 atom stereocenters. The van der Waals surface area contributed by atoms with Gasteiger partial charge in [0.25, 0.3) is 0 Å². The van der Waals surface area contributed by atoms with E-state index in [0.717, 1.165) is 0 Å². The highest BCUT2D eigenvalue weighted by Gasteiger charge is 2.34. The molecule has 0 aliphatic carbocycles. The third-order valence-electron chi connectivity index (χ3n) is 2.92. The van der Waals surface area contributed by atoms with Gasteiger partial charge in [0.05, 0.1) is 10.8 Å². The van der Waals surface area contributed by atoms with Gasteiger partial charge in [0.1, 0.15) is 0 Å². The number of amides is 1. The normalized spacial score (nSPS) is 19.8. The Morgan fingerprint density at radius 1 is 1.32 bits per heavy atom. The molecule has 0 spiro atoms. The van der Waals surface area contributed by atoms with Crippen molar-refractivity contribution in [1.82, 2.24) is 0 Å². The minimum atomic E-state index is -3.76. The molecule has 1 aliphatic rings. The minimum Gasteiger partial charge on any atom is -0.312 e. The van der Waals surface area contributed by atoms with Crippen LogP contribution in [0.25, 0.3) is 0 Å². The van der Waals surface area contributed by atoms with E-state index < -0.39 is 21.2 Å². The fraction of sp³-hybridized carbons (Fsp3) is 0.273. The summed E-state index contributed by atoms with van der Waals surface area (Å²) < 4.78 is 22.2. The molecule has 1 saturated heterocycles. The summed E-state index contributed by atoms with van der Waals surface area (Å²) in [6, 6.07) is 5.57. The van der Waals surface area contributed by atoms with E-state index >= 15 is 0 Å². The van der Waals surface area contributed by atoms with Gasteiger partial charge < -0.3 is 4.90 Å². The average molecular weight is 303 g/mol. The van der Waals surface area contributed by atoms with Crippen LogP contribution in [0.2, 0.25) is 0 Å². The maximum Gasteiger partial charge on any atom is 0.238 e. The number of carbonyl (C=O) groups is 2. The first-order chi connectivity index (χ1) is 8.79. The predicted octanol–water partition coefficient (Wildman–Crippen LogP) is 0.452. The zero-order valence-electron chi connectivity index (χ0n) is 9.74. The number of halogens is 1. The van der Waals surface area contributed by atoms with Gasteiger partial charge in [-0.25, -0.2) is 13.6 Å². The summed E-state index contributed by atoms with van der Waals surface area (Å²) in [5.41, 5.74) is 0.512. The lowest BCUT2D eigenvalue weighted by Gasteiger charge is -2.16. The molecule has 0 bridgehead atoms. The Hall–Kier alpha value is -1.44. The van der Waals surface area contributed by atoms with Crippen molar-refractivity contribution in [2.45, 2.75) is 11.3 Å². The van der Waals surface area contributed by atoms with Crippen LogP contribution in [0.4, 0.5) is 5.69 Å². The minimum absolute atomic E-state index is 0.0344. The molecule has 1 heterocycles. The molecule has 1 aliphatic heterocycles. The molecule has 19 heavy (non-hydrogen) atoms. The zero-order chi connectivity index (χ0) is 14.2. The van der Waals surface area contributed by atoms with Crippen molar-refractivity contribution < 1.29 is 18.0 Å². The Balaban J connectivity index is 2.24. The Morgan fingerprint density at radius 2 is 1.89 bits per heavy atom. The van der Waals surface area contributed by atoms with Crippen molar-refractivity contribution in [2.75, 3.05) is 11.4 Å². The van der Waals surface area contributed by atoms with Crippen LogP contribution in [0.15, 0.2) is 29.2 Å². The van der Waals surface area contributed by atoms with E-state index in [9.17, 15) is 18.0 Å². The Labute approximate surface area is 115 Å². The summed E-state index contributed by atoms with van der Waals surface area (Å²) >= 11 is 5.37. The maximum absolute atomic E-state index is 11.7. The molecule has 2 N–H and O–H groups in total. The van der Waals surface area contributed by atoms with Crippen molar-refractivity contribution in [3.8, 4) is 0 Å². The van der Waals surface area contributed by atoms with Gasteiger partial charge in [-0.05, 0) is 35.9 Å². The molecule has 0 radical (unpaired) electrons. The molecule has 2 rings (SSSR count). The SMILES string of the molecule is NS(=O)(=O)c1ccc(N2C[C@@H](C(=O)Cl)CC2=O)cc1. The van der Waals surface area contributed by atoms with Crippen molar-refractivity contribution in [1.29, 1.82) is 0 Å². The smallest absolute Gasteiger partial charge is 0.238 e. The molecule has 6 nitrogen and oxygen atoms in total. The van der Waals surface area contributed by atoms with Gasteiger partial charge in [-0.2, -0.15) is 0 Å². The lowest BCUT2D eigenvalue weighted by molar-refractivity contribution is -0.120. The van der Waals surface area contributed by atoms with E-state index in [4.69, 9.17) is 16.7 Å². The largest absolute Gasteiger partial charge is 0.312 e. The molecule has 102 valence electrons. The van der Waals surface area contributed by atoms with Crippen LogP contribution < -0.4 is 10.0 Å². The number of hydrogen-bond donors (Lipinski definition) is 1. The van der Waals surface area contributed by atoms with Crippen LogP contribution in [-0.4, -0.2) is 26.1 Å². The number of anilines is 1. The van der Waals surface area contributed by atoms with E-state index in [-0.39, 0.29) is 23.8 Å². The molecular weight excluding hydrogens is 292 g/mol. The van der Waals surface area contributed by atoms with Gasteiger partial charge in [0, 0.05) is 18.7 Å². The Kier molecular flexibility index (Phi) is 3.62. The molecule has 0 aromatic heterocycles. The number of primary sulfonamides is 1. The summed E-state index contributed by atoms with van der Waals surface area (Å²) in [4.78, 5) is 24.2. The third-order valence-corrected chi connectivity index (χ3v) is 4.16. The first-order valence-electron chi connectivity index (χ1n) is 5.41. The average Bonchev–Trinajstić information content (AvgIpc) is 2.70. The van der Waals surface area contributed by atoms with Gasteiger partial charge in [-0.3, -0.25) is 9.59 Å². The number of hydrogen-bond acceptors (Lipinski definition) is 4. The van der Waals surface area contributed by atoms with Crippen LogP contribution >= 0.6 is 11.6 Å². The molecule has 1 amide bonds. The predicted molar refractivity (Wildman–Crippen MR) is 69.1 cm³/mol. The molecule has 1 fully saturated rings. The quantitative estimate of drug-likeness (QED) is 0.820. The molecule has 0 unspecified atom stereocenters. The van der Waals surface area contributed by atoms with E-state index in [1.165, 1.54) is 29.2 Å². The topological polar surface area (TPSA) is 97.5 Å². The van der Waals surface area contributed by atoms with Crippen LogP contribution in [0.1, 0.15) is 6.42 Å². The van der Waals surface area contributed by atoms with E-state index in [1.54, 1.807) is 0 Å². The number of sulfonamides is 1. The van der Waals surface area contributed by atoms with Crippen LogP contribution in [0, 0.1) is 5.92 Å². The number of benzene rings is 1. The van der Waals surface area contributed by atoms with Crippen LogP contribution in [0.5, 0.6) is 0 Å². The second-order valence-electron chi connectivity index (χ2n) is 4.25. The first-order valence-corrected chi connectivity index (χ1v) is 7.34. The monoisotopic (exact) mass is 302 g/mol. The van der Waals surface area contributed by atoms with Gasteiger partial charge in [0.15, 0.2) is 0 Å². The highest BCUT2D eigenvalue weighted by molar-refractivity contribution is 7.89. The van der Waals surface area contributed by atoms with Crippen molar-refractivity contribution in [2.24, 2.45) is 11.1 Å². The van der Waals surface area contributed by atoms with Gasteiger partial charge in [-0.15, -0.1) is 0 Å². The number of nitrogens with zero attached hydrogens (tertiary/aromatic N) is 1. The molecular formula is C11H11ClN2O4S. The van der Waals surface area contributed by atoms with E-state index in [1.807, 2.05) is 0 Å². The third kappa shape index (κ3) is 2.94. The fourth-order valence-electron chi connectivity index (χ4n) is 1.92. The Bertz CT molecular complexity index is 627. The maximum atomic E-state index is 11.7. The van der Waals surface area contributed by atoms with E-state index in [0.29, 0.717) is 5.69 Å². The molecule has 1 aromatic carbocycles. The van der Waals surface area contributed by atoms with Crippen LogP contribution in [-0.2, 0) is 19.6 Å². The summed E-state index contributed by atoms with van der Waals surface area (Å²) in [6.45, 7) is 0.204. The number of carbonyl (C=O) groups excluding carboxylic acids is 2. The number of nitrogens with two attached hydrogens (primary N) is 1. The van der Waals surface area contributed by atoms with Gasteiger partial charge in [-0.1, -0.05) is 0 Å². The lowest BCUT2D eigenvalue weighted by atomic mass is 10.1. The molecule has 0 saturated carbocycles. The first kappa shape index (κ1) is 14.0. The van der Waals surface area contributed by atoms with Crippen LogP contribution in [0.3, 0.4) is 0 Å². The number of rotatable bonds is 3. The van der Waals surface area contributed by atoms with Gasteiger partial charge in [0.2, 0.25) is 21.2 Å². The zero-order valence-corrected chi connectivity index (χ0v) is 11.3. The Morgan fingerprint density at radius 3 is 2.32 bits per heavy atom. The molecule has 1 aromatic rings. The second kappa shape index (κ2) is 4.92. The standard InChI is InChI=1S/C11H11ClN2O4S/c12-11(16)7-5-10(15)14(6-7)8-1-3-9(4-2-8)19(13,17)18/h1-4,7H,5-6H2,(H2,13,17,18)/t7-/m0/s1. The highest BCUT2D eigenvalue weighted by atomic mass is 35.5. The van der Waals surface area contributed by atoms with Crippen molar-refractivity contribution in [3.05, 3.63) is 24.3 Å². The van der Waals surface area contributed by atoms with Crippen molar-refractivity contribution >= 4 is 38.5 Å². The summed E-state index contributed by atoms with van der Waals surface area (Å²) in [7, 11) is -3.76. The summed E-state index contributed by atoms with van der Waals surface area (Å²) in [5.74, 6) is -0.741. The fourth-order valence-corrected chi connectivity index (χ4v) is 2.59. The second-order valence-corrected chi connectivity index (χ2v) is 6.18. The summed E-state index contributed by atoms with van der Waals surface area (Å²) in [6.07, 6.45) is 0.0687. The summed E-state index contributed by atoms with van der Waals surface area (Å²) in [5, 5.41) is 4.43. The van der Waals surface area contributed by atoms with E-state index in [2.05, 4.69) is 0 Å². The highest BCUT2D eigenvalue weighted by Crippen LogP contribution is 2.27.